The van der Waals surface area contributed by atoms with Gasteiger partial charge in [-0.15, -0.1) is 0 Å². The van der Waals surface area contributed by atoms with E-state index >= 15 is 0 Å². The molecule has 11 nitrogen and oxygen atoms in total. The first-order valence-electron chi connectivity index (χ1n) is 10.5. The van der Waals surface area contributed by atoms with Crippen molar-refractivity contribution in [1.29, 1.82) is 0 Å². The average molecular weight is 433 g/mol. The fourth-order valence-corrected chi connectivity index (χ4v) is 4.22. The van der Waals surface area contributed by atoms with Gasteiger partial charge in [-0.2, -0.15) is 0 Å². The largest absolute Gasteiger partial charge is 0.481 e. The van der Waals surface area contributed by atoms with Gasteiger partial charge in [-0.05, 0) is 32.1 Å². The summed E-state index contributed by atoms with van der Waals surface area (Å²) < 4.78 is 16.8. The summed E-state index contributed by atoms with van der Waals surface area (Å²) in [4.78, 5) is 25.1. The maximum absolute atomic E-state index is 12.6. The molecule has 1 saturated carbocycles. The predicted octanol–water partition coefficient (Wildman–Crippen LogP) is -0.953. The summed E-state index contributed by atoms with van der Waals surface area (Å²) in [6.07, 6.45) is -5.09. The van der Waals surface area contributed by atoms with Gasteiger partial charge in [0.15, 0.2) is 6.29 Å². The highest BCUT2D eigenvalue weighted by Gasteiger charge is 2.46. The Morgan fingerprint density at radius 1 is 0.933 bits per heavy atom. The maximum Gasteiger partial charge on any atom is 0.410 e. The van der Waals surface area contributed by atoms with Crippen molar-refractivity contribution in [3.8, 4) is 0 Å². The number of aliphatic carboxylic acids is 1. The molecule has 5 N–H and O–H groups in total. The molecule has 2 heterocycles. The second-order valence-corrected chi connectivity index (χ2v) is 8.18. The SMILES string of the molecule is O=C(O)C1CCN(C(=O)O[C@@H]2CCCC[C@H]2O[C@@H]2O[C@@H](CO)[C@H](O)[C@H](O)[C@H]2O)CC1. The van der Waals surface area contributed by atoms with Crippen molar-refractivity contribution < 1.29 is 49.3 Å². The zero-order valence-electron chi connectivity index (χ0n) is 16.7. The van der Waals surface area contributed by atoms with Gasteiger partial charge in [-0.25, -0.2) is 4.79 Å². The topological polar surface area (TPSA) is 166 Å². The minimum Gasteiger partial charge on any atom is -0.481 e. The molecule has 3 aliphatic rings. The molecule has 30 heavy (non-hydrogen) atoms. The van der Waals surface area contributed by atoms with E-state index in [0.717, 1.165) is 12.8 Å². The lowest BCUT2D eigenvalue weighted by molar-refractivity contribution is -0.318. The van der Waals surface area contributed by atoms with E-state index in [0.29, 0.717) is 38.8 Å². The predicted molar refractivity (Wildman–Crippen MR) is 99.3 cm³/mol. The summed E-state index contributed by atoms with van der Waals surface area (Å²) in [6.45, 7) is 0.0572. The van der Waals surface area contributed by atoms with Crippen LogP contribution in [0, 0.1) is 5.92 Å². The van der Waals surface area contributed by atoms with Crippen LogP contribution in [0.4, 0.5) is 4.79 Å². The van der Waals surface area contributed by atoms with Gasteiger partial charge >= 0.3 is 12.1 Å². The van der Waals surface area contributed by atoms with E-state index in [-0.39, 0.29) is 0 Å². The van der Waals surface area contributed by atoms with E-state index in [1.165, 1.54) is 4.90 Å². The second-order valence-electron chi connectivity index (χ2n) is 8.18. The van der Waals surface area contributed by atoms with E-state index < -0.39 is 67.5 Å². The van der Waals surface area contributed by atoms with Crippen molar-refractivity contribution in [2.75, 3.05) is 19.7 Å². The Bertz CT molecular complexity index is 594. The zero-order chi connectivity index (χ0) is 21.8. The number of hydrogen-bond acceptors (Lipinski definition) is 9. The van der Waals surface area contributed by atoms with Crippen LogP contribution in [-0.2, 0) is 19.0 Å². The molecule has 1 amide bonds. The lowest BCUT2D eigenvalue weighted by Crippen LogP contribution is -2.60. The Morgan fingerprint density at radius 2 is 1.57 bits per heavy atom. The molecular formula is C19H31NO10. The summed E-state index contributed by atoms with van der Waals surface area (Å²) in [5.74, 6) is -1.31. The maximum atomic E-state index is 12.6. The van der Waals surface area contributed by atoms with Crippen LogP contribution in [0.25, 0.3) is 0 Å². The van der Waals surface area contributed by atoms with Crippen molar-refractivity contribution in [2.45, 2.75) is 81.4 Å². The van der Waals surface area contributed by atoms with Crippen LogP contribution in [0.5, 0.6) is 0 Å². The molecule has 172 valence electrons. The summed E-state index contributed by atoms with van der Waals surface area (Å²) in [5, 5.41) is 48.4. The lowest BCUT2D eigenvalue weighted by Gasteiger charge is -2.42. The first-order chi connectivity index (χ1) is 14.3. The van der Waals surface area contributed by atoms with Crippen molar-refractivity contribution in [2.24, 2.45) is 5.92 Å². The number of piperidine rings is 1. The molecule has 0 radical (unpaired) electrons. The zero-order valence-corrected chi connectivity index (χ0v) is 16.7. The van der Waals surface area contributed by atoms with E-state index in [2.05, 4.69) is 0 Å². The molecule has 3 rings (SSSR count). The van der Waals surface area contributed by atoms with Crippen molar-refractivity contribution in [3.05, 3.63) is 0 Å². The van der Waals surface area contributed by atoms with Crippen LogP contribution in [-0.4, -0.2) is 105 Å². The van der Waals surface area contributed by atoms with Gasteiger partial charge in [-0.3, -0.25) is 4.79 Å². The molecule has 0 aromatic rings. The van der Waals surface area contributed by atoms with E-state index in [1.807, 2.05) is 0 Å². The molecular weight excluding hydrogens is 402 g/mol. The summed E-state index contributed by atoms with van der Waals surface area (Å²) in [6, 6.07) is 0. The van der Waals surface area contributed by atoms with Crippen LogP contribution in [0.3, 0.4) is 0 Å². The first-order valence-corrected chi connectivity index (χ1v) is 10.5. The minimum atomic E-state index is -1.54. The van der Waals surface area contributed by atoms with E-state index in [1.54, 1.807) is 0 Å². The molecule has 2 saturated heterocycles. The number of aliphatic hydroxyl groups excluding tert-OH is 4. The highest BCUT2D eigenvalue weighted by molar-refractivity contribution is 5.71. The van der Waals surface area contributed by atoms with Crippen molar-refractivity contribution in [3.63, 3.8) is 0 Å². The number of carboxylic acids is 1. The van der Waals surface area contributed by atoms with Crippen LogP contribution < -0.4 is 0 Å². The molecule has 0 bridgehead atoms. The molecule has 1 aliphatic carbocycles. The fraction of sp³-hybridized carbons (Fsp3) is 0.895. The number of hydrogen-bond donors (Lipinski definition) is 5. The molecule has 0 unspecified atom stereocenters. The van der Waals surface area contributed by atoms with Crippen LogP contribution in [0.2, 0.25) is 0 Å². The normalized spacial score (nSPS) is 38.3. The Balaban J connectivity index is 1.57. The average Bonchev–Trinajstić information content (AvgIpc) is 2.75. The third-order valence-electron chi connectivity index (χ3n) is 6.15. The van der Waals surface area contributed by atoms with Gasteiger partial charge in [0.05, 0.1) is 18.6 Å². The Kier molecular flexibility index (Phi) is 7.88. The molecule has 7 atom stereocenters. The van der Waals surface area contributed by atoms with Crippen molar-refractivity contribution in [1.82, 2.24) is 4.90 Å². The molecule has 3 fully saturated rings. The Labute approximate surface area is 174 Å². The summed E-state index contributed by atoms with van der Waals surface area (Å²) in [5.41, 5.74) is 0. The van der Waals surface area contributed by atoms with Gasteiger partial charge in [0.2, 0.25) is 0 Å². The number of carbonyl (C=O) groups excluding carboxylic acids is 1. The van der Waals surface area contributed by atoms with Gasteiger partial charge in [0, 0.05) is 13.1 Å². The molecule has 11 heteroatoms. The number of amides is 1. The molecule has 0 aromatic heterocycles. The number of aliphatic hydroxyl groups is 4. The van der Waals surface area contributed by atoms with Crippen LogP contribution >= 0.6 is 0 Å². The van der Waals surface area contributed by atoms with Gasteiger partial charge in [0.25, 0.3) is 0 Å². The highest BCUT2D eigenvalue weighted by atomic mass is 16.7. The number of rotatable bonds is 5. The van der Waals surface area contributed by atoms with Gasteiger partial charge < -0.3 is 44.6 Å². The number of carboxylic acid groups (broad SMARTS) is 1. The van der Waals surface area contributed by atoms with E-state index in [9.17, 15) is 30.0 Å². The Morgan fingerprint density at radius 3 is 2.17 bits per heavy atom. The number of nitrogens with zero attached hydrogens (tertiary/aromatic N) is 1. The first kappa shape index (κ1) is 23.2. The summed E-state index contributed by atoms with van der Waals surface area (Å²) >= 11 is 0. The number of carbonyl (C=O) groups is 2. The fourth-order valence-electron chi connectivity index (χ4n) is 4.22. The second kappa shape index (κ2) is 10.2. The molecule has 0 spiro atoms. The molecule has 0 aromatic carbocycles. The quantitative estimate of drug-likeness (QED) is 0.365. The monoisotopic (exact) mass is 433 g/mol. The highest BCUT2D eigenvalue weighted by Crippen LogP contribution is 2.30. The Hall–Kier alpha value is -1.50. The smallest absolute Gasteiger partial charge is 0.410 e. The standard InChI is InChI=1S/C19H31NO10/c21-9-13-14(22)15(23)16(24)18(29-13)28-11-3-1-2-4-12(11)30-19(27)20-7-5-10(6-8-20)17(25)26/h10-16,18,21-24H,1-9H2,(H,25,26)/t11-,12-,13+,14+,15+,16-,18-/m1/s1. The third kappa shape index (κ3) is 5.21. The van der Waals surface area contributed by atoms with Gasteiger partial charge in [0.1, 0.15) is 30.5 Å². The van der Waals surface area contributed by atoms with E-state index in [4.69, 9.17) is 19.3 Å². The van der Waals surface area contributed by atoms with Crippen LogP contribution in [0.1, 0.15) is 38.5 Å². The summed E-state index contributed by atoms with van der Waals surface area (Å²) in [7, 11) is 0. The number of likely N-dealkylation sites (tertiary alicyclic amines) is 1. The minimum absolute atomic E-state index is 0.306. The van der Waals surface area contributed by atoms with Crippen LogP contribution in [0.15, 0.2) is 0 Å². The third-order valence-corrected chi connectivity index (χ3v) is 6.15. The van der Waals surface area contributed by atoms with Gasteiger partial charge in [-0.1, -0.05) is 6.42 Å². The molecule has 2 aliphatic heterocycles. The number of ether oxygens (including phenoxy) is 3. The lowest BCUT2D eigenvalue weighted by atomic mass is 9.94. The van der Waals surface area contributed by atoms with Crippen molar-refractivity contribution >= 4 is 12.1 Å².